The largest absolute Gasteiger partial charge is 0.497 e. The van der Waals surface area contributed by atoms with Gasteiger partial charge >= 0.3 is 5.69 Å². The highest BCUT2D eigenvalue weighted by molar-refractivity contribution is 9.10. The lowest BCUT2D eigenvalue weighted by atomic mass is 10.2. The van der Waals surface area contributed by atoms with Crippen LogP contribution in [-0.2, 0) is 0 Å². The normalized spacial score (nSPS) is 10.0. The summed E-state index contributed by atoms with van der Waals surface area (Å²) in [4.78, 5) is 10.6. The number of para-hydroxylation sites is 1. The van der Waals surface area contributed by atoms with Crippen LogP contribution >= 0.6 is 15.9 Å². The molecule has 110 valence electrons. The van der Waals surface area contributed by atoms with Crippen molar-refractivity contribution in [1.29, 1.82) is 0 Å². The predicted octanol–water partition coefficient (Wildman–Crippen LogP) is 3.44. The standard InChI is InChI=1S/C13H12BrN3O4/c1-20-8-5-6-11(9(14)7-8)21-12-4-2-3-10(16-15)13(12)17(18)19/h2-7,16H,15H2,1H3. The topological polar surface area (TPSA) is 99.7 Å². The molecular weight excluding hydrogens is 342 g/mol. The van der Waals surface area contributed by atoms with Crippen molar-refractivity contribution in [2.75, 3.05) is 12.5 Å². The van der Waals surface area contributed by atoms with Crippen molar-refractivity contribution < 1.29 is 14.4 Å². The first-order valence-electron chi connectivity index (χ1n) is 5.82. The van der Waals surface area contributed by atoms with Gasteiger partial charge in [-0.25, -0.2) is 0 Å². The fourth-order valence-electron chi connectivity index (χ4n) is 1.72. The number of hydrazine groups is 1. The van der Waals surface area contributed by atoms with Crippen LogP contribution in [0.3, 0.4) is 0 Å². The summed E-state index contributed by atoms with van der Waals surface area (Å²) >= 11 is 3.33. The first-order valence-corrected chi connectivity index (χ1v) is 6.61. The number of nitrogens with two attached hydrogens (primary N) is 1. The lowest BCUT2D eigenvalue weighted by molar-refractivity contribution is -0.384. The minimum atomic E-state index is -0.554. The van der Waals surface area contributed by atoms with E-state index >= 15 is 0 Å². The molecule has 0 spiro atoms. The third-order valence-corrected chi connectivity index (χ3v) is 3.32. The van der Waals surface area contributed by atoms with Crippen molar-refractivity contribution in [3.05, 3.63) is 51.0 Å². The molecule has 0 bridgehead atoms. The Balaban J connectivity index is 2.42. The van der Waals surface area contributed by atoms with Gasteiger partial charge in [0.15, 0.2) is 0 Å². The van der Waals surface area contributed by atoms with Gasteiger partial charge in [0.1, 0.15) is 17.2 Å². The number of hydrogen-bond donors (Lipinski definition) is 2. The molecule has 7 nitrogen and oxygen atoms in total. The van der Waals surface area contributed by atoms with E-state index in [0.717, 1.165) is 0 Å². The summed E-state index contributed by atoms with van der Waals surface area (Å²) in [5.41, 5.74) is 2.22. The van der Waals surface area contributed by atoms with Gasteiger partial charge in [-0.2, -0.15) is 0 Å². The van der Waals surface area contributed by atoms with Crippen molar-refractivity contribution in [3.63, 3.8) is 0 Å². The number of anilines is 1. The highest BCUT2D eigenvalue weighted by Gasteiger charge is 2.21. The van der Waals surface area contributed by atoms with Gasteiger partial charge in [-0.05, 0) is 46.3 Å². The van der Waals surface area contributed by atoms with Gasteiger partial charge in [0.2, 0.25) is 5.75 Å². The Morgan fingerprint density at radius 2 is 2.05 bits per heavy atom. The van der Waals surface area contributed by atoms with Crippen molar-refractivity contribution in [2.24, 2.45) is 5.84 Å². The smallest absolute Gasteiger partial charge is 0.335 e. The SMILES string of the molecule is COc1ccc(Oc2cccc(NN)c2[N+](=O)[O-])c(Br)c1. The van der Waals surface area contributed by atoms with E-state index in [1.807, 2.05) is 0 Å². The maximum absolute atomic E-state index is 11.2. The Bertz CT molecular complexity index is 678. The zero-order valence-electron chi connectivity index (χ0n) is 11.0. The minimum Gasteiger partial charge on any atom is -0.497 e. The van der Waals surface area contributed by atoms with Crippen LogP contribution in [0.15, 0.2) is 40.9 Å². The van der Waals surface area contributed by atoms with Gasteiger partial charge in [-0.15, -0.1) is 0 Å². The first-order chi connectivity index (χ1) is 10.1. The molecule has 2 aromatic carbocycles. The fraction of sp³-hybridized carbons (Fsp3) is 0.0769. The molecule has 0 fully saturated rings. The molecule has 0 atom stereocenters. The Labute approximate surface area is 128 Å². The van der Waals surface area contributed by atoms with E-state index in [9.17, 15) is 10.1 Å². The number of benzene rings is 2. The second kappa shape index (κ2) is 6.42. The Kier molecular flexibility index (Phi) is 4.61. The highest BCUT2D eigenvalue weighted by atomic mass is 79.9. The molecule has 0 radical (unpaired) electrons. The third-order valence-electron chi connectivity index (χ3n) is 2.70. The van der Waals surface area contributed by atoms with Crippen molar-refractivity contribution in [1.82, 2.24) is 0 Å². The number of nitro groups is 1. The second-order valence-electron chi connectivity index (χ2n) is 3.95. The molecule has 0 aliphatic carbocycles. The molecule has 0 amide bonds. The van der Waals surface area contributed by atoms with Crippen molar-refractivity contribution in [3.8, 4) is 17.2 Å². The number of hydrogen-bond acceptors (Lipinski definition) is 6. The number of methoxy groups -OCH3 is 1. The Morgan fingerprint density at radius 3 is 2.62 bits per heavy atom. The van der Waals surface area contributed by atoms with E-state index in [-0.39, 0.29) is 17.1 Å². The van der Waals surface area contributed by atoms with Crippen LogP contribution in [0.4, 0.5) is 11.4 Å². The number of ether oxygens (including phenoxy) is 2. The second-order valence-corrected chi connectivity index (χ2v) is 4.81. The molecule has 0 saturated heterocycles. The maximum Gasteiger partial charge on any atom is 0.335 e. The summed E-state index contributed by atoms with van der Waals surface area (Å²) < 4.78 is 11.3. The summed E-state index contributed by atoms with van der Waals surface area (Å²) in [7, 11) is 1.55. The molecule has 2 rings (SSSR count). The van der Waals surface area contributed by atoms with E-state index in [1.54, 1.807) is 31.4 Å². The van der Waals surface area contributed by atoms with Crippen LogP contribution in [0.25, 0.3) is 0 Å². The van der Waals surface area contributed by atoms with Crippen LogP contribution in [0, 0.1) is 10.1 Å². The van der Waals surface area contributed by atoms with Crippen LogP contribution in [0.5, 0.6) is 17.2 Å². The van der Waals surface area contributed by atoms with E-state index < -0.39 is 4.92 Å². The number of nitrogens with zero attached hydrogens (tertiary/aromatic N) is 1. The van der Waals surface area contributed by atoms with Gasteiger partial charge in [-0.1, -0.05) is 6.07 Å². The highest BCUT2D eigenvalue weighted by Crippen LogP contribution is 2.39. The van der Waals surface area contributed by atoms with Gasteiger partial charge in [0.05, 0.1) is 16.5 Å². The molecule has 0 aromatic heterocycles. The van der Waals surface area contributed by atoms with E-state index in [4.69, 9.17) is 15.3 Å². The monoisotopic (exact) mass is 353 g/mol. The average molecular weight is 354 g/mol. The van der Waals surface area contributed by atoms with Gasteiger partial charge in [0, 0.05) is 0 Å². The zero-order chi connectivity index (χ0) is 15.4. The van der Waals surface area contributed by atoms with Crippen LogP contribution < -0.4 is 20.7 Å². The van der Waals surface area contributed by atoms with E-state index in [1.165, 1.54) is 12.1 Å². The quantitative estimate of drug-likeness (QED) is 0.485. The molecule has 21 heavy (non-hydrogen) atoms. The number of nitrogen functional groups attached to an aromatic ring is 1. The van der Waals surface area contributed by atoms with E-state index in [2.05, 4.69) is 21.4 Å². The molecule has 3 N–H and O–H groups in total. The Hall–Kier alpha value is -2.32. The van der Waals surface area contributed by atoms with Gasteiger partial charge < -0.3 is 14.9 Å². The maximum atomic E-state index is 11.2. The van der Waals surface area contributed by atoms with Crippen molar-refractivity contribution in [2.45, 2.75) is 0 Å². The lowest BCUT2D eigenvalue weighted by Crippen LogP contribution is -2.09. The van der Waals surface area contributed by atoms with Crippen molar-refractivity contribution >= 4 is 27.3 Å². The van der Waals surface area contributed by atoms with Crippen LogP contribution in [0.1, 0.15) is 0 Å². The third kappa shape index (κ3) is 3.23. The molecule has 8 heteroatoms. The van der Waals surface area contributed by atoms with E-state index in [0.29, 0.717) is 16.0 Å². The summed E-state index contributed by atoms with van der Waals surface area (Å²) in [5.74, 6) is 6.43. The van der Waals surface area contributed by atoms with Crippen LogP contribution in [0.2, 0.25) is 0 Å². The predicted molar refractivity (Wildman–Crippen MR) is 81.7 cm³/mol. The first kappa shape index (κ1) is 15.1. The summed E-state index contributed by atoms with van der Waals surface area (Å²) in [6.45, 7) is 0. The number of nitrogens with one attached hydrogen (secondary N) is 1. The molecule has 0 aliphatic rings. The molecule has 0 heterocycles. The molecule has 0 saturated carbocycles. The zero-order valence-corrected chi connectivity index (χ0v) is 12.6. The molecular formula is C13H12BrN3O4. The van der Waals surface area contributed by atoms with Crippen LogP contribution in [-0.4, -0.2) is 12.0 Å². The summed E-state index contributed by atoms with van der Waals surface area (Å²) in [6.07, 6.45) is 0. The summed E-state index contributed by atoms with van der Waals surface area (Å²) in [5, 5.41) is 11.2. The van der Waals surface area contributed by atoms with Gasteiger partial charge in [-0.3, -0.25) is 16.0 Å². The molecule has 2 aromatic rings. The molecule has 0 unspecified atom stereocenters. The fourth-order valence-corrected chi connectivity index (χ4v) is 2.16. The number of halogens is 1. The lowest BCUT2D eigenvalue weighted by Gasteiger charge is -2.11. The van der Waals surface area contributed by atoms with Gasteiger partial charge in [0.25, 0.3) is 0 Å². The summed E-state index contributed by atoms with van der Waals surface area (Å²) in [6, 6.07) is 9.64. The average Bonchev–Trinajstić information content (AvgIpc) is 2.48. The number of nitro benzene ring substituents is 1. The Morgan fingerprint density at radius 1 is 1.29 bits per heavy atom. The minimum absolute atomic E-state index is 0.0846. The number of rotatable bonds is 5. The molecule has 0 aliphatic heterocycles.